The number of ether oxygens (including phenoxy) is 1. The standard InChI is InChI=1S/C23H37NO/c1-14-10-16-6-8-18-19-9-7-17(13-24)22(19,3)12-20(25-5)21(18)23(16,4)11-15(14)2/h14-21H,6-12H2,1-5H3/t14-,15-,16-,17+,18-,19-,20-,21+,22+,23-/m0/s1. The molecule has 4 fully saturated rings. The Kier molecular flexibility index (Phi) is 4.27. The zero-order valence-corrected chi connectivity index (χ0v) is 16.9. The van der Waals surface area contributed by atoms with Crippen LogP contribution < -0.4 is 0 Å². The summed E-state index contributed by atoms with van der Waals surface area (Å²) in [6, 6.07) is 2.67. The fourth-order valence-electron chi connectivity index (χ4n) is 8.35. The maximum Gasteiger partial charge on any atom is 0.0661 e. The molecule has 0 aromatic heterocycles. The van der Waals surface area contributed by atoms with Gasteiger partial charge in [0.05, 0.1) is 18.1 Å². The van der Waals surface area contributed by atoms with E-state index in [0.29, 0.717) is 17.4 Å². The molecule has 0 aromatic rings. The zero-order chi connectivity index (χ0) is 18.0. The van der Waals surface area contributed by atoms with E-state index in [1.54, 1.807) is 0 Å². The normalized spacial score (nSPS) is 57.9. The van der Waals surface area contributed by atoms with Crippen molar-refractivity contribution >= 4 is 0 Å². The second-order valence-electron chi connectivity index (χ2n) is 10.7. The molecule has 0 spiro atoms. The van der Waals surface area contributed by atoms with E-state index in [1.807, 2.05) is 7.11 Å². The average molecular weight is 344 g/mol. The molecule has 10 atom stereocenters. The molecule has 0 bridgehead atoms. The van der Waals surface area contributed by atoms with Crippen molar-refractivity contribution in [2.75, 3.05) is 7.11 Å². The molecule has 25 heavy (non-hydrogen) atoms. The molecule has 2 heteroatoms. The van der Waals surface area contributed by atoms with Crippen molar-refractivity contribution in [3.8, 4) is 6.07 Å². The molecule has 2 nitrogen and oxygen atoms in total. The molecule has 0 aromatic carbocycles. The molecule has 140 valence electrons. The molecule has 4 saturated carbocycles. The summed E-state index contributed by atoms with van der Waals surface area (Å²) in [6.07, 6.45) is 9.45. The van der Waals surface area contributed by atoms with E-state index < -0.39 is 0 Å². The van der Waals surface area contributed by atoms with Crippen LogP contribution in [0.1, 0.15) is 72.6 Å². The minimum atomic E-state index is 0.188. The SMILES string of the molecule is CO[C@H]1C[C@]2(C)[C@@H](C#N)CC[C@H]2[C@@H]2CC[C@H]3C[C@H](C)[C@@H](C)C[C@]3(C)[C@H]21. The highest BCUT2D eigenvalue weighted by Crippen LogP contribution is 2.68. The summed E-state index contributed by atoms with van der Waals surface area (Å²) in [5, 5.41) is 9.74. The van der Waals surface area contributed by atoms with Gasteiger partial charge in [0.15, 0.2) is 0 Å². The Morgan fingerprint density at radius 3 is 2.40 bits per heavy atom. The summed E-state index contributed by atoms with van der Waals surface area (Å²) in [5.74, 6) is 5.08. The first-order valence-corrected chi connectivity index (χ1v) is 10.8. The first-order chi connectivity index (χ1) is 11.8. The quantitative estimate of drug-likeness (QED) is 0.614. The molecule has 0 amide bonds. The molecule has 4 aliphatic carbocycles. The van der Waals surface area contributed by atoms with Crippen molar-refractivity contribution in [3.63, 3.8) is 0 Å². The van der Waals surface area contributed by atoms with E-state index in [1.165, 1.54) is 32.1 Å². The summed E-state index contributed by atoms with van der Waals surface area (Å²) in [6.45, 7) is 9.98. The first kappa shape index (κ1) is 17.8. The topological polar surface area (TPSA) is 33.0 Å². The van der Waals surface area contributed by atoms with Crippen LogP contribution in [0.4, 0.5) is 0 Å². The lowest BCUT2D eigenvalue weighted by molar-refractivity contribution is -0.184. The lowest BCUT2D eigenvalue weighted by Gasteiger charge is -2.63. The minimum Gasteiger partial charge on any atom is -0.381 e. The molecular weight excluding hydrogens is 306 g/mol. The Labute approximate surface area is 154 Å². The predicted molar refractivity (Wildman–Crippen MR) is 101 cm³/mol. The summed E-state index contributed by atoms with van der Waals surface area (Å²) >= 11 is 0. The van der Waals surface area contributed by atoms with Gasteiger partial charge in [-0.1, -0.05) is 27.7 Å². The Balaban J connectivity index is 1.71. The largest absolute Gasteiger partial charge is 0.381 e. The van der Waals surface area contributed by atoms with Gasteiger partial charge >= 0.3 is 0 Å². The summed E-state index contributed by atoms with van der Waals surface area (Å²) in [4.78, 5) is 0. The third-order valence-corrected chi connectivity index (χ3v) is 9.82. The third kappa shape index (κ3) is 2.37. The molecule has 0 saturated heterocycles. The van der Waals surface area contributed by atoms with E-state index in [4.69, 9.17) is 4.74 Å². The summed E-state index contributed by atoms with van der Waals surface area (Å²) in [5.41, 5.74) is 0.634. The van der Waals surface area contributed by atoms with Crippen LogP contribution in [0.5, 0.6) is 0 Å². The Bertz CT molecular complexity index is 567. The van der Waals surface area contributed by atoms with Crippen molar-refractivity contribution in [3.05, 3.63) is 0 Å². The maximum atomic E-state index is 9.74. The monoisotopic (exact) mass is 343 g/mol. The van der Waals surface area contributed by atoms with Gasteiger partial charge in [-0.2, -0.15) is 5.26 Å². The molecule has 4 rings (SSSR count). The average Bonchev–Trinajstić information content (AvgIpc) is 2.91. The molecule has 0 unspecified atom stereocenters. The third-order valence-electron chi connectivity index (χ3n) is 9.82. The van der Waals surface area contributed by atoms with E-state index in [0.717, 1.165) is 42.4 Å². The molecular formula is C23H37NO. The predicted octanol–water partition coefficient (Wildman–Crippen LogP) is 5.68. The van der Waals surface area contributed by atoms with Crippen LogP contribution in [0.3, 0.4) is 0 Å². The van der Waals surface area contributed by atoms with Gasteiger partial charge in [0.1, 0.15) is 0 Å². The Morgan fingerprint density at radius 2 is 1.72 bits per heavy atom. The van der Waals surface area contributed by atoms with Crippen molar-refractivity contribution in [1.82, 2.24) is 0 Å². The molecule has 4 aliphatic rings. The molecule has 0 radical (unpaired) electrons. The maximum absolute atomic E-state index is 9.74. The van der Waals surface area contributed by atoms with E-state index in [-0.39, 0.29) is 11.3 Å². The number of rotatable bonds is 1. The van der Waals surface area contributed by atoms with Gasteiger partial charge in [0.25, 0.3) is 0 Å². The van der Waals surface area contributed by atoms with Crippen molar-refractivity contribution in [2.24, 2.45) is 52.3 Å². The number of fused-ring (bicyclic) bond motifs is 5. The van der Waals surface area contributed by atoms with Crippen LogP contribution in [0.2, 0.25) is 0 Å². The lowest BCUT2D eigenvalue weighted by atomic mass is 9.42. The molecule has 0 heterocycles. The Hall–Kier alpha value is -0.550. The zero-order valence-electron chi connectivity index (χ0n) is 16.9. The Morgan fingerprint density at radius 1 is 0.960 bits per heavy atom. The number of nitrogens with zero attached hydrogens (tertiary/aromatic N) is 1. The van der Waals surface area contributed by atoms with Crippen LogP contribution in [0, 0.1) is 63.6 Å². The highest BCUT2D eigenvalue weighted by atomic mass is 16.5. The van der Waals surface area contributed by atoms with Crippen LogP contribution in [0.25, 0.3) is 0 Å². The fourth-order valence-corrected chi connectivity index (χ4v) is 8.35. The van der Waals surface area contributed by atoms with Gasteiger partial charge in [-0.3, -0.25) is 0 Å². The van der Waals surface area contributed by atoms with Crippen LogP contribution >= 0.6 is 0 Å². The second-order valence-corrected chi connectivity index (χ2v) is 10.7. The van der Waals surface area contributed by atoms with Crippen LogP contribution in [-0.2, 0) is 4.74 Å². The van der Waals surface area contributed by atoms with Gasteiger partial charge in [-0.05, 0) is 91.3 Å². The second kappa shape index (κ2) is 5.98. The highest BCUT2D eigenvalue weighted by molar-refractivity contribution is 5.15. The van der Waals surface area contributed by atoms with Crippen LogP contribution in [-0.4, -0.2) is 13.2 Å². The van der Waals surface area contributed by atoms with E-state index in [2.05, 4.69) is 33.8 Å². The molecule has 0 N–H and O–H groups in total. The van der Waals surface area contributed by atoms with Gasteiger partial charge < -0.3 is 4.74 Å². The lowest BCUT2D eigenvalue weighted by Crippen LogP contribution is -2.59. The van der Waals surface area contributed by atoms with Gasteiger partial charge in [0, 0.05) is 7.11 Å². The van der Waals surface area contributed by atoms with Gasteiger partial charge in [-0.25, -0.2) is 0 Å². The van der Waals surface area contributed by atoms with Crippen molar-refractivity contribution in [2.45, 2.75) is 78.7 Å². The van der Waals surface area contributed by atoms with Crippen molar-refractivity contribution in [1.29, 1.82) is 5.26 Å². The summed E-state index contributed by atoms with van der Waals surface area (Å²) < 4.78 is 6.19. The van der Waals surface area contributed by atoms with Gasteiger partial charge in [0.2, 0.25) is 0 Å². The van der Waals surface area contributed by atoms with E-state index >= 15 is 0 Å². The first-order valence-electron chi connectivity index (χ1n) is 10.8. The van der Waals surface area contributed by atoms with Crippen molar-refractivity contribution < 1.29 is 4.74 Å². The minimum absolute atomic E-state index is 0.188. The smallest absolute Gasteiger partial charge is 0.0661 e. The van der Waals surface area contributed by atoms with Gasteiger partial charge in [-0.15, -0.1) is 0 Å². The molecule has 0 aliphatic heterocycles. The fraction of sp³-hybridized carbons (Fsp3) is 0.957. The highest BCUT2D eigenvalue weighted by Gasteiger charge is 2.63. The van der Waals surface area contributed by atoms with E-state index in [9.17, 15) is 5.26 Å². The summed E-state index contributed by atoms with van der Waals surface area (Å²) in [7, 11) is 1.93. The number of nitriles is 1. The number of hydrogen-bond donors (Lipinski definition) is 0. The number of hydrogen-bond acceptors (Lipinski definition) is 2. The number of methoxy groups -OCH3 is 1. The van der Waals surface area contributed by atoms with Crippen LogP contribution in [0.15, 0.2) is 0 Å².